The zero-order valence-corrected chi connectivity index (χ0v) is 13.2. The summed E-state index contributed by atoms with van der Waals surface area (Å²) in [5.41, 5.74) is 6.22. The van der Waals surface area contributed by atoms with E-state index < -0.39 is 0 Å². The smallest absolute Gasteiger partial charge is 0.144 e. The molecule has 4 nitrogen and oxygen atoms in total. The van der Waals surface area contributed by atoms with Gasteiger partial charge in [-0.05, 0) is 57.2 Å². The number of amidine groups is 1. The van der Waals surface area contributed by atoms with Crippen molar-refractivity contribution in [3.8, 4) is 0 Å². The second kappa shape index (κ2) is 6.33. The zero-order chi connectivity index (χ0) is 14.6. The van der Waals surface area contributed by atoms with E-state index in [-0.39, 0.29) is 5.41 Å². The molecule has 116 valence electrons. The summed E-state index contributed by atoms with van der Waals surface area (Å²) >= 11 is 0. The lowest BCUT2D eigenvalue weighted by atomic mass is 9.68. The van der Waals surface area contributed by atoms with Crippen LogP contribution >= 0.6 is 0 Å². The molecule has 2 rings (SSSR count). The highest BCUT2D eigenvalue weighted by atomic mass is 16.4. The van der Waals surface area contributed by atoms with Crippen LogP contribution in [0.3, 0.4) is 0 Å². The van der Waals surface area contributed by atoms with E-state index in [0.717, 1.165) is 13.0 Å². The van der Waals surface area contributed by atoms with Crippen LogP contribution in [0, 0.1) is 10.8 Å². The second-order valence-electron chi connectivity index (χ2n) is 7.52. The third kappa shape index (κ3) is 3.66. The number of nitrogens with zero attached hydrogens (tertiary/aromatic N) is 2. The third-order valence-corrected chi connectivity index (χ3v) is 5.69. The Labute approximate surface area is 123 Å². The van der Waals surface area contributed by atoms with E-state index in [1.165, 1.54) is 58.0 Å². The van der Waals surface area contributed by atoms with Gasteiger partial charge in [0.2, 0.25) is 0 Å². The van der Waals surface area contributed by atoms with Crippen molar-refractivity contribution in [2.24, 2.45) is 21.7 Å². The van der Waals surface area contributed by atoms with Crippen LogP contribution in [0.15, 0.2) is 5.16 Å². The van der Waals surface area contributed by atoms with Crippen molar-refractivity contribution in [1.82, 2.24) is 4.90 Å². The first kappa shape index (κ1) is 15.6. The van der Waals surface area contributed by atoms with Crippen molar-refractivity contribution >= 4 is 5.84 Å². The van der Waals surface area contributed by atoms with Crippen molar-refractivity contribution in [3.05, 3.63) is 0 Å². The predicted octanol–water partition coefficient (Wildman–Crippen LogP) is 3.20. The molecule has 0 atom stereocenters. The molecule has 4 heteroatoms. The summed E-state index contributed by atoms with van der Waals surface area (Å²) in [7, 11) is 0. The van der Waals surface area contributed by atoms with E-state index >= 15 is 0 Å². The van der Waals surface area contributed by atoms with E-state index in [2.05, 4.69) is 23.9 Å². The highest BCUT2D eigenvalue weighted by Crippen LogP contribution is 2.44. The van der Waals surface area contributed by atoms with Crippen LogP contribution in [-0.2, 0) is 0 Å². The maximum Gasteiger partial charge on any atom is 0.144 e. The Morgan fingerprint density at radius 2 is 1.75 bits per heavy atom. The molecule has 2 aliphatic rings. The van der Waals surface area contributed by atoms with Gasteiger partial charge in [-0.25, -0.2) is 0 Å². The van der Waals surface area contributed by atoms with Gasteiger partial charge in [0.15, 0.2) is 0 Å². The topological polar surface area (TPSA) is 61.8 Å². The monoisotopic (exact) mass is 281 g/mol. The molecule has 1 saturated carbocycles. The van der Waals surface area contributed by atoms with E-state index in [9.17, 15) is 0 Å². The number of hydrogen-bond acceptors (Lipinski definition) is 3. The van der Waals surface area contributed by atoms with Gasteiger partial charge in [-0.15, -0.1) is 0 Å². The maximum atomic E-state index is 8.82. The number of rotatable bonds is 4. The molecule has 1 spiro atoms. The summed E-state index contributed by atoms with van der Waals surface area (Å²) < 4.78 is 0. The number of nitrogens with two attached hydrogens (primary N) is 1. The third-order valence-electron chi connectivity index (χ3n) is 5.69. The van der Waals surface area contributed by atoms with Crippen molar-refractivity contribution in [1.29, 1.82) is 0 Å². The number of oxime groups is 1. The first-order chi connectivity index (χ1) is 9.47. The van der Waals surface area contributed by atoms with Gasteiger partial charge < -0.3 is 15.8 Å². The van der Waals surface area contributed by atoms with Crippen LogP contribution in [0.1, 0.15) is 65.2 Å². The Hall–Kier alpha value is -0.770. The molecule has 1 heterocycles. The summed E-state index contributed by atoms with van der Waals surface area (Å²) in [5, 5.41) is 12.0. The van der Waals surface area contributed by atoms with Gasteiger partial charge in [0, 0.05) is 5.41 Å². The van der Waals surface area contributed by atoms with E-state index in [4.69, 9.17) is 10.9 Å². The van der Waals surface area contributed by atoms with Crippen molar-refractivity contribution in [2.75, 3.05) is 19.6 Å². The van der Waals surface area contributed by atoms with Crippen LogP contribution in [0.2, 0.25) is 0 Å². The minimum atomic E-state index is -0.214. The lowest BCUT2D eigenvalue weighted by Gasteiger charge is -2.44. The summed E-state index contributed by atoms with van der Waals surface area (Å²) in [6, 6.07) is 0. The molecule has 1 aliphatic heterocycles. The van der Waals surface area contributed by atoms with E-state index in [1.54, 1.807) is 0 Å². The Kier molecular flexibility index (Phi) is 4.95. The molecule has 3 N–H and O–H groups in total. The fourth-order valence-electron chi connectivity index (χ4n) is 3.75. The fraction of sp³-hybridized carbons (Fsp3) is 0.938. The maximum absolute atomic E-state index is 8.82. The Balaban J connectivity index is 1.77. The lowest BCUT2D eigenvalue weighted by molar-refractivity contribution is 0.0641. The molecule has 0 bridgehead atoms. The van der Waals surface area contributed by atoms with Crippen molar-refractivity contribution in [3.63, 3.8) is 0 Å². The molecule has 0 radical (unpaired) electrons. The number of piperidine rings is 1. The highest BCUT2D eigenvalue weighted by molar-refractivity contribution is 5.85. The Morgan fingerprint density at radius 3 is 2.30 bits per heavy atom. The Bertz CT molecular complexity index is 336. The van der Waals surface area contributed by atoms with Crippen molar-refractivity contribution in [2.45, 2.75) is 65.2 Å². The SMILES string of the molecule is CC(C)(CCN1CCC2(CCCCC2)CC1)C(N)=NO. The minimum absolute atomic E-state index is 0.214. The van der Waals surface area contributed by atoms with Crippen LogP contribution in [0.5, 0.6) is 0 Å². The van der Waals surface area contributed by atoms with Gasteiger partial charge in [0.05, 0.1) is 0 Å². The van der Waals surface area contributed by atoms with Crippen LogP contribution in [-0.4, -0.2) is 35.6 Å². The minimum Gasteiger partial charge on any atom is -0.409 e. The van der Waals surface area contributed by atoms with Crippen molar-refractivity contribution < 1.29 is 5.21 Å². The van der Waals surface area contributed by atoms with Gasteiger partial charge in [0.1, 0.15) is 5.84 Å². The quantitative estimate of drug-likeness (QED) is 0.360. The summed E-state index contributed by atoms with van der Waals surface area (Å²) in [4.78, 5) is 2.56. The highest BCUT2D eigenvalue weighted by Gasteiger charge is 2.35. The molecule has 20 heavy (non-hydrogen) atoms. The van der Waals surface area contributed by atoms with E-state index in [1.807, 2.05) is 0 Å². The van der Waals surface area contributed by atoms with Gasteiger partial charge in [-0.1, -0.05) is 38.3 Å². The van der Waals surface area contributed by atoms with Gasteiger partial charge >= 0.3 is 0 Å². The van der Waals surface area contributed by atoms with Crippen LogP contribution in [0.4, 0.5) is 0 Å². The van der Waals surface area contributed by atoms with Gasteiger partial charge in [-0.2, -0.15) is 0 Å². The van der Waals surface area contributed by atoms with Gasteiger partial charge in [-0.3, -0.25) is 0 Å². The summed E-state index contributed by atoms with van der Waals surface area (Å²) in [6.45, 7) is 7.61. The zero-order valence-electron chi connectivity index (χ0n) is 13.2. The molecule has 0 aromatic rings. The molecule has 0 aromatic carbocycles. The normalized spacial score (nSPS) is 25.0. The Morgan fingerprint density at radius 1 is 1.15 bits per heavy atom. The molecule has 0 amide bonds. The van der Waals surface area contributed by atoms with E-state index in [0.29, 0.717) is 11.3 Å². The number of likely N-dealkylation sites (tertiary alicyclic amines) is 1. The molecular formula is C16H31N3O. The lowest BCUT2D eigenvalue weighted by Crippen LogP contribution is -2.43. The molecular weight excluding hydrogens is 250 g/mol. The second-order valence-corrected chi connectivity index (χ2v) is 7.52. The predicted molar refractivity (Wildman–Crippen MR) is 83.0 cm³/mol. The average Bonchev–Trinajstić information content (AvgIpc) is 2.47. The molecule has 1 saturated heterocycles. The van der Waals surface area contributed by atoms with Crippen LogP contribution < -0.4 is 5.73 Å². The first-order valence-corrected chi connectivity index (χ1v) is 8.18. The fourth-order valence-corrected chi connectivity index (χ4v) is 3.75. The molecule has 1 aliphatic carbocycles. The molecule has 0 unspecified atom stereocenters. The number of hydrogen-bond donors (Lipinski definition) is 2. The summed E-state index contributed by atoms with van der Waals surface area (Å²) in [5.74, 6) is 0.346. The molecule has 2 fully saturated rings. The average molecular weight is 281 g/mol. The molecule has 0 aromatic heterocycles. The van der Waals surface area contributed by atoms with Gasteiger partial charge in [0.25, 0.3) is 0 Å². The van der Waals surface area contributed by atoms with Crippen LogP contribution in [0.25, 0.3) is 0 Å². The first-order valence-electron chi connectivity index (χ1n) is 8.18. The standard InChI is InChI=1S/C16H31N3O/c1-15(2,14(17)18-20)8-11-19-12-9-16(10-13-19)6-4-3-5-7-16/h20H,3-13H2,1-2H3,(H2,17,18). The largest absolute Gasteiger partial charge is 0.409 e. The summed E-state index contributed by atoms with van der Waals surface area (Å²) in [6.07, 6.45) is 10.9.